The molecule has 3 aliphatic rings. The Hall–Kier alpha value is -2.44. The lowest BCUT2D eigenvalue weighted by molar-refractivity contribution is -0.128. The van der Waals surface area contributed by atoms with E-state index in [0.29, 0.717) is 12.5 Å². The number of likely N-dealkylation sites (tertiary alicyclic amines) is 1. The summed E-state index contributed by atoms with van der Waals surface area (Å²) >= 11 is 0. The highest BCUT2D eigenvalue weighted by molar-refractivity contribution is 5.83. The van der Waals surface area contributed by atoms with E-state index in [4.69, 9.17) is 0 Å². The molecule has 2 fully saturated rings. The molecule has 0 spiro atoms. The zero-order chi connectivity index (χ0) is 22.9. The molecule has 0 unspecified atom stereocenters. The van der Waals surface area contributed by atoms with E-state index in [9.17, 15) is 14.7 Å². The molecule has 2 aromatic rings. The van der Waals surface area contributed by atoms with Gasteiger partial charge in [-0.05, 0) is 37.3 Å². The highest BCUT2D eigenvalue weighted by Crippen LogP contribution is 2.49. The Labute approximate surface area is 195 Å². The lowest BCUT2D eigenvalue weighted by atomic mass is 9.88. The maximum absolute atomic E-state index is 13.7. The summed E-state index contributed by atoms with van der Waals surface area (Å²) in [5, 5.41) is 13.7. The zero-order valence-electron chi connectivity index (χ0n) is 19.4. The quantitative estimate of drug-likeness (QED) is 0.710. The smallest absolute Gasteiger partial charge is 0.250 e. The third-order valence-corrected chi connectivity index (χ3v) is 8.19. The van der Waals surface area contributed by atoms with E-state index in [0.717, 1.165) is 17.8 Å². The molecule has 6 nitrogen and oxygen atoms in total. The Bertz CT molecular complexity index is 1030. The molecule has 1 saturated heterocycles. The molecule has 6 heteroatoms. The first-order chi connectivity index (χ1) is 16.1. The molecule has 1 aliphatic carbocycles. The minimum absolute atomic E-state index is 0.000702. The number of aliphatic hydroxyl groups excluding tert-OH is 1. The van der Waals surface area contributed by atoms with Crippen LogP contribution in [0.5, 0.6) is 0 Å². The summed E-state index contributed by atoms with van der Waals surface area (Å²) in [7, 11) is 0. The molecule has 1 aromatic heterocycles. The number of nitrogens with zero attached hydrogens (tertiary/aromatic N) is 2. The van der Waals surface area contributed by atoms with Crippen LogP contribution in [-0.4, -0.2) is 39.7 Å². The number of fused-ring (bicyclic) bond motifs is 3. The van der Waals surface area contributed by atoms with E-state index in [1.807, 2.05) is 54.0 Å². The van der Waals surface area contributed by atoms with Crippen molar-refractivity contribution in [3.05, 3.63) is 70.1 Å². The van der Waals surface area contributed by atoms with Crippen molar-refractivity contribution >= 4 is 5.91 Å². The fourth-order valence-corrected chi connectivity index (χ4v) is 6.56. The first-order valence-corrected chi connectivity index (χ1v) is 12.5. The van der Waals surface area contributed by atoms with Crippen LogP contribution in [0.15, 0.2) is 53.3 Å². The second kappa shape index (κ2) is 9.43. The van der Waals surface area contributed by atoms with Crippen LogP contribution in [0.25, 0.3) is 0 Å². The number of carbonyl (C=O) groups excluding carboxylic acids is 1. The summed E-state index contributed by atoms with van der Waals surface area (Å²) < 4.78 is 1.85. The van der Waals surface area contributed by atoms with Gasteiger partial charge in [-0.3, -0.25) is 14.5 Å². The van der Waals surface area contributed by atoms with Gasteiger partial charge in [-0.1, -0.05) is 55.7 Å². The van der Waals surface area contributed by atoms with Crippen LogP contribution in [0, 0.1) is 17.8 Å². The van der Waals surface area contributed by atoms with E-state index in [1.54, 1.807) is 6.07 Å². The summed E-state index contributed by atoms with van der Waals surface area (Å²) in [6.45, 7) is 3.38. The molecule has 5 atom stereocenters. The lowest BCUT2D eigenvalue weighted by Crippen LogP contribution is -2.50. The van der Waals surface area contributed by atoms with Crippen molar-refractivity contribution < 1.29 is 9.90 Å². The number of nitrogens with one attached hydrogen (secondary N) is 1. The molecule has 1 amide bonds. The van der Waals surface area contributed by atoms with Gasteiger partial charge >= 0.3 is 0 Å². The van der Waals surface area contributed by atoms with E-state index >= 15 is 0 Å². The van der Waals surface area contributed by atoms with Gasteiger partial charge in [-0.15, -0.1) is 0 Å². The normalized spacial score (nSPS) is 28.3. The maximum atomic E-state index is 13.7. The number of benzene rings is 1. The van der Waals surface area contributed by atoms with Crippen LogP contribution in [0.4, 0.5) is 0 Å². The fourth-order valence-electron chi connectivity index (χ4n) is 6.56. The van der Waals surface area contributed by atoms with Crippen LogP contribution >= 0.6 is 0 Å². The number of hydrogen-bond acceptors (Lipinski definition) is 4. The first-order valence-electron chi connectivity index (χ1n) is 12.5. The Kier molecular flexibility index (Phi) is 6.39. The average molecular weight is 450 g/mol. The standard InChI is InChI=1S/C27H35N3O3/c1-18(20-11-6-3-7-12-20)28-27(33)26-22(17-31)21-16-29-23(13-8-14-24(29)32)25(21)30(26)15-19-9-4-2-5-10-19/h3,6-8,11-14,18-19,21-22,25-26,31H,2,4-5,9-10,15-17H2,1H3,(H,28,33)/t18-,21-,22-,25+,26-/m1/s1. The second-order valence-electron chi connectivity index (χ2n) is 10.1. The van der Waals surface area contributed by atoms with Crippen molar-refractivity contribution in [1.29, 1.82) is 0 Å². The van der Waals surface area contributed by atoms with E-state index < -0.39 is 0 Å². The summed E-state index contributed by atoms with van der Waals surface area (Å²) in [6.07, 6.45) is 6.16. The van der Waals surface area contributed by atoms with E-state index in [-0.39, 0.29) is 48.0 Å². The monoisotopic (exact) mass is 449 g/mol. The van der Waals surface area contributed by atoms with Crippen molar-refractivity contribution in [2.75, 3.05) is 13.2 Å². The van der Waals surface area contributed by atoms with Crippen LogP contribution in [0.3, 0.4) is 0 Å². The lowest BCUT2D eigenvalue weighted by Gasteiger charge is -2.35. The van der Waals surface area contributed by atoms with Crippen LogP contribution in [-0.2, 0) is 11.3 Å². The van der Waals surface area contributed by atoms with Crippen molar-refractivity contribution in [3.8, 4) is 0 Å². The molecule has 5 rings (SSSR count). The summed E-state index contributed by atoms with van der Waals surface area (Å²) in [5.74, 6) is 0.418. The molecule has 0 radical (unpaired) electrons. The van der Waals surface area contributed by atoms with Crippen molar-refractivity contribution in [1.82, 2.24) is 14.8 Å². The van der Waals surface area contributed by atoms with Crippen molar-refractivity contribution in [2.24, 2.45) is 17.8 Å². The molecule has 1 saturated carbocycles. The van der Waals surface area contributed by atoms with Crippen LogP contribution < -0.4 is 10.9 Å². The molecular weight excluding hydrogens is 414 g/mol. The highest BCUT2D eigenvalue weighted by Gasteiger charge is 2.55. The Balaban J connectivity index is 1.46. The topological polar surface area (TPSA) is 74.6 Å². The number of carbonyl (C=O) groups is 1. The Morgan fingerprint density at radius 1 is 1.09 bits per heavy atom. The van der Waals surface area contributed by atoms with Gasteiger partial charge in [0.05, 0.1) is 18.1 Å². The van der Waals surface area contributed by atoms with Gasteiger partial charge in [0, 0.05) is 43.3 Å². The molecule has 1 aromatic carbocycles. The minimum atomic E-state index is -0.387. The van der Waals surface area contributed by atoms with Crippen molar-refractivity contribution in [2.45, 2.75) is 63.7 Å². The number of aliphatic hydroxyl groups is 1. The van der Waals surface area contributed by atoms with Crippen LogP contribution in [0.2, 0.25) is 0 Å². The van der Waals surface area contributed by atoms with Gasteiger partial charge in [0.25, 0.3) is 5.56 Å². The molecule has 33 heavy (non-hydrogen) atoms. The summed E-state index contributed by atoms with van der Waals surface area (Å²) in [6, 6.07) is 15.0. The van der Waals surface area contributed by atoms with Crippen molar-refractivity contribution in [3.63, 3.8) is 0 Å². The maximum Gasteiger partial charge on any atom is 0.250 e. The predicted molar refractivity (Wildman–Crippen MR) is 128 cm³/mol. The van der Waals surface area contributed by atoms with Gasteiger partial charge in [-0.2, -0.15) is 0 Å². The summed E-state index contributed by atoms with van der Waals surface area (Å²) in [5.41, 5.74) is 2.07. The molecule has 3 heterocycles. The Morgan fingerprint density at radius 3 is 2.58 bits per heavy atom. The van der Waals surface area contributed by atoms with Gasteiger partial charge < -0.3 is 15.0 Å². The van der Waals surface area contributed by atoms with E-state index in [1.165, 1.54) is 32.1 Å². The van der Waals surface area contributed by atoms with Crippen LogP contribution in [0.1, 0.15) is 62.4 Å². The Morgan fingerprint density at radius 2 is 1.85 bits per heavy atom. The number of aromatic nitrogens is 1. The molecule has 2 aliphatic heterocycles. The third-order valence-electron chi connectivity index (χ3n) is 8.19. The average Bonchev–Trinajstić information content (AvgIpc) is 3.36. The first kappa shape index (κ1) is 22.4. The van der Waals surface area contributed by atoms with E-state index in [2.05, 4.69) is 10.2 Å². The minimum Gasteiger partial charge on any atom is -0.396 e. The SMILES string of the molecule is C[C@@H](NC(=O)[C@H]1[C@H](CO)[C@H]2Cn3c(cccc3=O)[C@H]2N1CC1CCCCC1)c1ccccc1. The van der Waals surface area contributed by atoms with Gasteiger partial charge in [-0.25, -0.2) is 0 Å². The zero-order valence-corrected chi connectivity index (χ0v) is 19.4. The molecule has 0 bridgehead atoms. The molecular formula is C27H35N3O3. The van der Waals surface area contributed by atoms with Gasteiger partial charge in [0.2, 0.25) is 5.91 Å². The highest BCUT2D eigenvalue weighted by atomic mass is 16.3. The largest absolute Gasteiger partial charge is 0.396 e. The number of hydrogen-bond donors (Lipinski definition) is 2. The number of pyridine rings is 1. The number of rotatable bonds is 6. The molecule has 2 N–H and O–H groups in total. The van der Waals surface area contributed by atoms with Gasteiger partial charge in [0.15, 0.2) is 0 Å². The summed E-state index contributed by atoms with van der Waals surface area (Å²) in [4.78, 5) is 28.6. The third kappa shape index (κ3) is 4.15. The fraction of sp³-hybridized carbons (Fsp3) is 0.556. The van der Waals surface area contributed by atoms with Gasteiger partial charge in [0.1, 0.15) is 0 Å². The second-order valence-corrected chi connectivity index (χ2v) is 10.1. The molecule has 176 valence electrons. The predicted octanol–water partition coefficient (Wildman–Crippen LogP) is 3.27. The number of amides is 1.